The largest absolute Gasteiger partial charge is 0.370 e. The van der Waals surface area contributed by atoms with E-state index in [9.17, 15) is 4.39 Å². The number of hydrogen-bond donors (Lipinski definition) is 0. The highest BCUT2D eigenvalue weighted by Crippen LogP contribution is 2.34. The Bertz CT molecular complexity index is 375. The zero-order chi connectivity index (χ0) is 11.7. The molecule has 16 heavy (non-hydrogen) atoms. The first-order chi connectivity index (χ1) is 7.61. The van der Waals surface area contributed by atoms with Gasteiger partial charge in [0.15, 0.2) is 0 Å². The lowest BCUT2D eigenvalue weighted by molar-refractivity contribution is 0.357. The van der Waals surface area contributed by atoms with Gasteiger partial charge in [-0.15, -0.1) is 0 Å². The minimum absolute atomic E-state index is 0.116. The summed E-state index contributed by atoms with van der Waals surface area (Å²) in [4.78, 5) is 0. The molecule has 0 N–H and O–H groups in total. The van der Waals surface area contributed by atoms with Crippen LogP contribution in [0.15, 0.2) is 18.2 Å². The second-order valence-electron chi connectivity index (χ2n) is 4.73. The molecule has 2 heteroatoms. The van der Waals surface area contributed by atoms with Crippen LogP contribution < -0.4 is 0 Å². The fourth-order valence-electron chi connectivity index (χ4n) is 2.22. The predicted molar refractivity (Wildman–Crippen MR) is 63.1 cm³/mol. The first-order valence-corrected chi connectivity index (χ1v) is 6.03. The number of epoxide rings is 1. The summed E-state index contributed by atoms with van der Waals surface area (Å²) in [5, 5.41) is 0. The van der Waals surface area contributed by atoms with Crippen molar-refractivity contribution in [1.29, 1.82) is 0 Å². The Morgan fingerprint density at radius 1 is 1.44 bits per heavy atom. The van der Waals surface area contributed by atoms with Crippen LogP contribution in [0.1, 0.15) is 43.7 Å². The summed E-state index contributed by atoms with van der Waals surface area (Å²) in [6.07, 6.45) is 2.96. The van der Waals surface area contributed by atoms with Gasteiger partial charge in [-0.1, -0.05) is 19.1 Å². The van der Waals surface area contributed by atoms with Crippen LogP contribution in [0.2, 0.25) is 0 Å². The average molecular weight is 222 g/mol. The van der Waals surface area contributed by atoms with Gasteiger partial charge in [-0.3, -0.25) is 0 Å². The minimum atomic E-state index is -0.116. The van der Waals surface area contributed by atoms with Gasteiger partial charge in [0.2, 0.25) is 0 Å². The van der Waals surface area contributed by atoms with Crippen molar-refractivity contribution in [3.63, 3.8) is 0 Å². The Morgan fingerprint density at radius 2 is 2.12 bits per heavy atom. The highest BCUT2D eigenvalue weighted by atomic mass is 19.1. The summed E-state index contributed by atoms with van der Waals surface area (Å²) in [6, 6.07) is 5.45. The summed E-state index contributed by atoms with van der Waals surface area (Å²) in [6.45, 7) is 6.10. The molecule has 1 saturated heterocycles. The maximum atomic E-state index is 13.2. The monoisotopic (exact) mass is 222 g/mol. The van der Waals surface area contributed by atoms with Crippen LogP contribution in [-0.4, -0.2) is 12.2 Å². The van der Waals surface area contributed by atoms with Crippen LogP contribution in [-0.2, 0) is 4.74 Å². The van der Waals surface area contributed by atoms with Crippen molar-refractivity contribution in [3.05, 3.63) is 35.1 Å². The van der Waals surface area contributed by atoms with E-state index in [0.717, 1.165) is 18.4 Å². The predicted octanol–water partition coefficient (Wildman–Crippen LogP) is 3.81. The fraction of sp³-hybridized carbons (Fsp3) is 0.571. The van der Waals surface area contributed by atoms with Crippen molar-refractivity contribution >= 4 is 0 Å². The molecule has 0 spiro atoms. The van der Waals surface area contributed by atoms with Crippen molar-refractivity contribution < 1.29 is 9.13 Å². The molecule has 1 aromatic carbocycles. The van der Waals surface area contributed by atoms with E-state index >= 15 is 0 Å². The number of halogens is 1. The molecule has 1 aliphatic heterocycles. The van der Waals surface area contributed by atoms with E-state index in [1.807, 2.05) is 19.1 Å². The van der Waals surface area contributed by atoms with Crippen LogP contribution in [0, 0.1) is 12.7 Å². The van der Waals surface area contributed by atoms with Crippen LogP contribution in [0.5, 0.6) is 0 Å². The molecule has 1 heterocycles. The number of rotatable bonds is 4. The van der Waals surface area contributed by atoms with Crippen molar-refractivity contribution in [2.45, 2.75) is 51.7 Å². The second kappa shape index (κ2) is 4.54. The van der Waals surface area contributed by atoms with Crippen LogP contribution >= 0.6 is 0 Å². The number of hydrogen-bond acceptors (Lipinski definition) is 1. The number of ether oxygens (including phenoxy) is 1. The standard InChI is InChI=1S/C14H19FO/c1-4-11(8-14-10(3)16-14)12-5-6-13(15)9(2)7-12/h5-7,10-11,14H,4,8H2,1-3H3. The summed E-state index contributed by atoms with van der Waals surface area (Å²) < 4.78 is 18.6. The van der Waals surface area contributed by atoms with Gasteiger partial charge in [0.05, 0.1) is 12.2 Å². The lowest BCUT2D eigenvalue weighted by atomic mass is 9.90. The second-order valence-corrected chi connectivity index (χ2v) is 4.73. The molecule has 1 nitrogen and oxygen atoms in total. The Kier molecular flexibility index (Phi) is 3.29. The topological polar surface area (TPSA) is 12.5 Å². The van der Waals surface area contributed by atoms with Crippen molar-refractivity contribution in [3.8, 4) is 0 Å². The summed E-state index contributed by atoms with van der Waals surface area (Å²) in [5.74, 6) is 0.379. The van der Waals surface area contributed by atoms with Gasteiger partial charge in [0.25, 0.3) is 0 Å². The molecule has 0 aliphatic carbocycles. The van der Waals surface area contributed by atoms with Crippen molar-refractivity contribution in [1.82, 2.24) is 0 Å². The van der Waals surface area contributed by atoms with E-state index in [1.54, 1.807) is 6.07 Å². The van der Waals surface area contributed by atoms with Crippen LogP contribution in [0.4, 0.5) is 4.39 Å². The molecular formula is C14H19FO. The van der Waals surface area contributed by atoms with Crippen LogP contribution in [0.25, 0.3) is 0 Å². The molecule has 2 rings (SSSR count). The zero-order valence-corrected chi connectivity index (χ0v) is 10.2. The first kappa shape index (κ1) is 11.6. The molecule has 1 aliphatic rings. The molecule has 88 valence electrons. The fourth-order valence-corrected chi connectivity index (χ4v) is 2.22. The summed E-state index contributed by atoms with van der Waals surface area (Å²) in [5.41, 5.74) is 1.98. The zero-order valence-electron chi connectivity index (χ0n) is 10.2. The average Bonchev–Trinajstić information content (AvgIpc) is 2.95. The van der Waals surface area contributed by atoms with E-state index < -0.39 is 0 Å². The molecule has 0 amide bonds. The molecule has 0 bridgehead atoms. The normalized spacial score (nSPS) is 25.5. The third-order valence-electron chi connectivity index (χ3n) is 3.50. The Labute approximate surface area is 96.6 Å². The van der Waals surface area contributed by atoms with Gasteiger partial charge in [-0.05, 0) is 49.8 Å². The number of benzene rings is 1. The van der Waals surface area contributed by atoms with Crippen LogP contribution in [0.3, 0.4) is 0 Å². The molecule has 1 aromatic rings. The third-order valence-corrected chi connectivity index (χ3v) is 3.50. The van der Waals surface area contributed by atoms with Crippen molar-refractivity contribution in [2.75, 3.05) is 0 Å². The van der Waals surface area contributed by atoms with Gasteiger partial charge in [0.1, 0.15) is 5.82 Å². The molecule has 0 aromatic heterocycles. The molecule has 3 atom stereocenters. The SMILES string of the molecule is CCC(CC1OC1C)c1ccc(F)c(C)c1. The Morgan fingerprint density at radius 3 is 2.62 bits per heavy atom. The van der Waals surface area contributed by atoms with E-state index in [0.29, 0.717) is 18.1 Å². The van der Waals surface area contributed by atoms with Gasteiger partial charge in [-0.2, -0.15) is 0 Å². The lowest BCUT2D eigenvalue weighted by Gasteiger charge is -2.14. The highest BCUT2D eigenvalue weighted by molar-refractivity contribution is 5.27. The van der Waals surface area contributed by atoms with Gasteiger partial charge < -0.3 is 4.74 Å². The minimum Gasteiger partial charge on any atom is -0.370 e. The molecule has 0 radical (unpaired) electrons. The maximum Gasteiger partial charge on any atom is 0.126 e. The highest BCUT2D eigenvalue weighted by Gasteiger charge is 2.35. The first-order valence-electron chi connectivity index (χ1n) is 6.03. The van der Waals surface area contributed by atoms with E-state index in [2.05, 4.69) is 13.8 Å². The summed E-state index contributed by atoms with van der Waals surface area (Å²) >= 11 is 0. The molecular weight excluding hydrogens is 203 g/mol. The van der Waals surface area contributed by atoms with Gasteiger partial charge in [-0.25, -0.2) is 4.39 Å². The molecule has 0 saturated carbocycles. The Balaban J connectivity index is 2.10. The lowest BCUT2D eigenvalue weighted by Crippen LogP contribution is -2.03. The maximum absolute atomic E-state index is 13.2. The van der Waals surface area contributed by atoms with E-state index in [1.165, 1.54) is 5.56 Å². The van der Waals surface area contributed by atoms with E-state index in [-0.39, 0.29) is 5.82 Å². The number of aryl methyl sites for hydroxylation is 1. The van der Waals surface area contributed by atoms with Gasteiger partial charge >= 0.3 is 0 Å². The smallest absolute Gasteiger partial charge is 0.126 e. The van der Waals surface area contributed by atoms with Crippen molar-refractivity contribution in [2.24, 2.45) is 0 Å². The molecule has 3 unspecified atom stereocenters. The summed E-state index contributed by atoms with van der Waals surface area (Å²) in [7, 11) is 0. The van der Waals surface area contributed by atoms with Gasteiger partial charge in [0, 0.05) is 0 Å². The van der Waals surface area contributed by atoms with E-state index in [4.69, 9.17) is 4.74 Å². The third kappa shape index (κ3) is 2.43. The quantitative estimate of drug-likeness (QED) is 0.706. The Hall–Kier alpha value is -0.890. The molecule has 1 fully saturated rings.